The molecule has 0 unspecified atom stereocenters. The molecule has 7 nitrogen and oxygen atoms in total. The summed E-state index contributed by atoms with van der Waals surface area (Å²) in [6.07, 6.45) is 1.38. The monoisotopic (exact) mass is 279 g/mol. The number of rotatable bonds is 3. The summed E-state index contributed by atoms with van der Waals surface area (Å²) >= 11 is 0. The molecule has 102 valence electrons. The van der Waals surface area contributed by atoms with Crippen molar-refractivity contribution in [2.24, 2.45) is 7.05 Å². The minimum absolute atomic E-state index is 0.0177. The first-order valence-electron chi connectivity index (χ1n) is 5.26. The zero-order valence-corrected chi connectivity index (χ0v) is 10.1. The molecular formula is C11H7F2N5O2. The Kier molecular flexibility index (Phi) is 3.30. The van der Waals surface area contributed by atoms with Crippen LogP contribution in [0.3, 0.4) is 0 Å². The molecule has 1 heterocycles. The molecule has 0 fully saturated rings. The predicted molar refractivity (Wildman–Crippen MR) is 64.2 cm³/mol. The number of benzene rings is 1. The molecule has 0 radical (unpaired) electrons. The summed E-state index contributed by atoms with van der Waals surface area (Å²) in [6, 6.07) is 2.93. The van der Waals surface area contributed by atoms with Crippen LogP contribution in [0.15, 0.2) is 18.3 Å². The van der Waals surface area contributed by atoms with E-state index in [1.807, 2.05) is 6.07 Å². The van der Waals surface area contributed by atoms with E-state index < -0.39 is 22.2 Å². The third-order valence-corrected chi connectivity index (χ3v) is 2.44. The van der Waals surface area contributed by atoms with Crippen LogP contribution >= 0.6 is 0 Å². The lowest BCUT2D eigenvalue weighted by atomic mass is 10.2. The Morgan fingerprint density at radius 1 is 1.45 bits per heavy atom. The molecule has 0 atom stereocenters. The average Bonchev–Trinajstić information content (AvgIpc) is 2.73. The van der Waals surface area contributed by atoms with E-state index in [1.165, 1.54) is 10.9 Å². The summed E-state index contributed by atoms with van der Waals surface area (Å²) in [6.45, 7) is 0. The maximum atomic E-state index is 13.2. The van der Waals surface area contributed by atoms with E-state index in [0.717, 1.165) is 0 Å². The zero-order valence-electron chi connectivity index (χ0n) is 10.1. The van der Waals surface area contributed by atoms with Crippen molar-refractivity contribution in [2.75, 3.05) is 5.32 Å². The Bertz CT molecular complexity index is 735. The summed E-state index contributed by atoms with van der Waals surface area (Å²) in [4.78, 5) is 9.96. The molecule has 0 aliphatic carbocycles. The quantitative estimate of drug-likeness (QED) is 0.686. The highest BCUT2D eigenvalue weighted by molar-refractivity contribution is 5.70. The van der Waals surface area contributed by atoms with Gasteiger partial charge in [-0.2, -0.15) is 10.4 Å². The van der Waals surface area contributed by atoms with Crippen LogP contribution in [0.1, 0.15) is 5.56 Å². The van der Waals surface area contributed by atoms with Gasteiger partial charge in [0.2, 0.25) is 0 Å². The van der Waals surface area contributed by atoms with E-state index in [2.05, 4.69) is 10.4 Å². The van der Waals surface area contributed by atoms with Gasteiger partial charge in [-0.05, 0) is 0 Å². The summed E-state index contributed by atoms with van der Waals surface area (Å²) in [7, 11) is 1.55. The zero-order chi connectivity index (χ0) is 14.9. The standard InChI is InChI=1S/C11H7F2N5O2/c1-17-5-6(4-14)11(16-17)15-9-2-7(12)8(13)3-10(9)18(19)20/h2-3,5H,1H3,(H,15,16). The molecule has 0 amide bonds. The summed E-state index contributed by atoms with van der Waals surface area (Å²) < 4.78 is 27.5. The van der Waals surface area contributed by atoms with Gasteiger partial charge in [0, 0.05) is 19.3 Å². The van der Waals surface area contributed by atoms with E-state index in [0.29, 0.717) is 12.1 Å². The topological polar surface area (TPSA) is 96.8 Å². The highest BCUT2D eigenvalue weighted by Crippen LogP contribution is 2.30. The Labute approximate surface area is 111 Å². The van der Waals surface area contributed by atoms with Crippen LogP contribution in [0.4, 0.5) is 26.0 Å². The molecular weight excluding hydrogens is 272 g/mol. The second kappa shape index (κ2) is 4.93. The molecule has 0 bridgehead atoms. The van der Waals surface area contributed by atoms with Crippen LogP contribution in [-0.4, -0.2) is 14.7 Å². The molecule has 0 saturated heterocycles. The van der Waals surface area contributed by atoms with Crippen molar-refractivity contribution >= 4 is 17.2 Å². The molecule has 2 aromatic rings. The second-order valence-corrected chi connectivity index (χ2v) is 3.84. The minimum atomic E-state index is -1.33. The lowest BCUT2D eigenvalue weighted by molar-refractivity contribution is -0.384. The lowest BCUT2D eigenvalue weighted by Gasteiger charge is -2.05. The van der Waals surface area contributed by atoms with Gasteiger partial charge >= 0.3 is 0 Å². The van der Waals surface area contributed by atoms with E-state index in [1.54, 1.807) is 7.05 Å². The lowest BCUT2D eigenvalue weighted by Crippen LogP contribution is -2.01. The van der Waals surface area contributed by atoms with Gasteiger partial charge in [-0.1, -0.05) is 0 Å². The number of hydrogen-bond donors (Lipinski definition) is 1. The van der Waals surface area contributed by atoms with E-state index in [-0.39, 0.29) is 17.1 Å². The molecule has 2 rings (SSSR count). The van der Waals surface area contributed by atoms with E-state index in [9.17, 15) is 18.9 Å². The van der Waals surface area contributed by atoms with Crippen molar-refractivity contribution in [3.05, 3.63) is 45.6 Å². The van der Waals surface area contributed by atoms with Crippen LogP contribution in [0.25, 0.3) is 0 Å². The van der Waals surface area contributed by atoms with Crippen LogP contribution in [0.2, 0.25) is 0 Å². The third kappa shape index (κ3) is 2.39. The molecule has 20 heavy (non-hydrogen) atoms. The SMILES string of the molecule is Cn1cc(C#N)c(Nc2cc(F)c(F)cc2[N+](=O)[O-])n1. The minimum Gasteiger partial charge on any atom is -0.332 e. The number of nitrogens with zero attached hydrogens (tertiary/aromatic N) is 4. The third-order valence-electron chi connectivity index (χ3n) is 2.44. The van der Waals surface area contributed by atoms with Gasteiger partial charge in [0.05, 0.1) is 11.0 Å². The number of nitriles is 1. The number of anilines is 2. The van der Waals surface area contributed by atoms with Gasteiger partial charge in [-0.25, -0.2) is 8.78 Å². The van der Waals surface area contributed by atoms with Crippen LogP contribution < -0.4 is 5.32 Å². The van der Waals surface area contributed by atoms with Gasteiger partial charge in [0.25, 0.3) is 5.69 Å². The predicted octanol–water partition coefficient (Wildman–Crippen LogP) is 2.22. The molecule has 0 aliphatic heterocycles. The molecule has 1 aromatic carbocycles. The van der Waals surface area contributed by atoms with Crippen LogP contribution in [0.5, 0.6) is 0 Å². The van der Waals surface area contributed by atoms with E-state index in [4.69, 9.17) is 5.26 Å². The number of hydrogen-bond acceptors (Lipinski definition) is 5. The largest absolute Gasteiger partial charge is 0.332 e. The Hall–Kier alpha value is -3.02. The number of nitro benzene ring substituents is 1. The van der Waals surface area contributed by atoms with Gasteiger partial charge < -0.3 is 5.32 Å². The van der Waals surface area contributed by atoms with Crippen molar-refractivity contribution in [3.63, 3.8) is 0 Å². The first-order valence-corrected chi connectivity index (χ1v) is 5.26. The normalized spacial score (nSPS) is 10.1. The van der Waals surface area contributed by atoms with Gasteiger partial charge in [-0.3, -0.25) is 14.8 Å². The average molecular weight is 279 g/mol. The maximum absolute atomic E-state index is 13.2. The first kappa shape index (κ1) is 13.4. The first-order chi connectivity index (χ1) is 9.42. The fourth-order valence-corrected chi connectivity index (χ4v) is 1.58. The highest BCUT2D eigenvalue weighted by atomic mass is 19.2. The van der Waals surface area contributed by atoms with Crippen molar-refractivity contribution in [1.29, 1.82) is 5.26 Å². The van der Waals surface area contributed by atoms with Crippen molar-refractivity contribution in [1.82, 2.24) is 9.78 Å². The maximum Gasteiger partial charge on any atom is 0.295 e. The Morgan fingerprint density at radius 2 is 2.10 bits per heavy atom. The highest BCUT2D eigenvalue weighted by Gasteiger charge is 2.20. The Morgan fingerprint density at radius 3 is 2.70 bits per heavy atom. The molecule has 9 heteroatoms. The molecule has 0 aliphatic rings. The number of nitrogens with one attached hydrogen (secondary N) is 1. The van der Waals surface area contributed by atoms with Crippen molar-refractivity contribution in [2.45, 2.75) is 0 Å². The Balaban J connectivity index is 2.50. The van der Waals surface area contributed by atoms with Crippen molar-refractivity contribution < 1.29 is 13.7 Å². The number of aromatic nitrogens is 2. The molecule has 1 aromatic heterocycles. The number of nitro groups is 1. The van der Waals surface area contributed by atoms with Crippen molar-refractivity contribution in [3.8, 4) is 6.07 Å². The summed E-state index contributed by atoms with van der Waals surface area (Å²) in [5, 5.41) is 26.0. The van der Waals surface area contributed by atoms with Crippen LogP contribution in [0, 0.1) is 33.1 Å². The second-order valence-electron chi connectivity index (χ2n) is 3.84. The van der Waals surface area contributed by atoms with Gasteiger partial charge in [-0.15, -0.1) is 0 Å². The fourth-order valence-electron chi connectivity index (χ4n) is 1.58. The number of aryl methyl sites for hydroxylation is 1. The fraction of sp³-hybridized carbons (Fsp3) is 0.0909. The number of halogens is 2. The van der Waals surface area contributed by atoms with Crippen LogP contribution in [-0.2, 0) is 7.05 Å². The van der Waals surface area contributed by atoms with E-state index >= 15 is 0 Å². The smallest absolute Gasteiger partial charge is 0.295 e. The molecule has 0 saturated carbocycles. The van der Waals surface area contributed by atoms with Gasteiger partial charge in [0.15, 0.2) is 17.5 Å². The summed E-state index contributed by atoms with van der Waals surface area (Å²) in [5.41, 5.74) is -0.825. The molecule has 1 N–H and O–H groups in total. The van der Waals surface area contributed by atoms with Gasteiger partial charge in [0.1, 0.15) is 17.3 Å². The summed E-state index contributed by atoms with van der Waals surface area (Å²) in [5.74, 6) is -2.56. The molecule has 0 spiro atoms.